The summed E-state index contributed by atoms with van der Waals surface area (Å²) in [5.41, 5.74) is 1.46. The summed E-state index contributed by atoms with van der Waals surface area (Å²) in [6.45, 7) is 13.2. The van der Waals surface area contributed by atoms with Crippen molar-refractivity contribution < 1.29 is 13.8 Å². The Morgan fingerprint density at radius 2 is 0.745 bits per heavy atom. The number of unbranched alkanes of at least 4 members (excludes halogenated alkanes) is 28. The van der Waals surface area contributed by atoms with Gasteiger partial charge in [-0.25, -0.2) is 4.79 Å². The summed E-state index contributed by atoms with van der Waals surface area (Å²) >= 11 is 0. The van der Waals surface area contributed by atoms with E-state index in [1.807, 2.05) is 0 Å². The second-order valence-electron chi connectivity index (χ2n) is 18.0. The molecule has 0 saturated heterocycles. The highest BCUT2D eigenvalue weighted by atomic mass is 31.2. The Bertz CT molecular complexity index is 878. The van der Waals surface area contributed by atoms with Gasteiger partial charge >= 0.3 is 5.97 Å². The van der Waals surface area contributed by atoms with E-state index in [1.165, 1.54) is 236 Å². The van der Waals surface area contributed by atoms with Crippen molar-refractivity contribution in [2.24, 2.45) is 0 Å². The lowest BCUT2D eigenvalue weighted by Gasteiger charge is -2.30. The van der Waals surface area contributed by atoms with Crippen LogP contribution in [0.1, 0.15) is 246 Å². The Labute approximate surface area is 347 Å². The van der Waals surface area contributed by atoms with Crippen LogP contribution in [0.15, 0.2) is 30.3 Å². The standard InChI is InChI=1S/C26H54O2P.C25H46N/c1-5-8-11-14-17-20-23-29(28-26(4)27,24-21-18-15-12-9-6-2)25-22-19-16-13-10-7-3;1-4-5-6-7-8-9-10-11-12-13-14-15-16-20-23-26(2,3)24-25-21-18-17-19-22-25/h5-25H2,1-4H3;17-19,21-22H,4-16,20,23-24H2,1-3H3/q2*+1. The van der Waals surface area contributed by atoms with Crippen LogP contribution in [-0.2, 0) is 15.9 Å². The maximum Gasteiger partial charge on any atom is 0.346 e. The first kappa shape index (κ1) is 54.1. The molecule has 0 radical (unpaired) electrons. The maximum atomic E-state index is 12.0. The van der Waals surface area contributed by atoms with Gasteiger partial charge in [-0.15, -0.1) is 0 Å². The minimum Gasteiger partial charge on any atom is -0.325 e. The van der Waals surface area contributed by atoms with Gasteiger partial charge in [-0.1, -0.05) is 212 Å². The quantitative estimate of drug-likeness (QED) is 0.0377. The van der Waals surface area contributed by atoms with Crippen LogP contribution in [0, 0.1) is 0 Å². The van der Waals surface area contributed by atoms with Gasteiger partial charge in [-0.05, 0) is 51.4 Å². The summed E-state index contributed by atoms with van der Waals surface area (Å²) < 4.78 is 7.31. The molecule has 324 valence electrons. The van der Waals surface area contributed by atoms with E-state index in [4.69, 9.17) is 4.52 Å². The molecular formula is C51H100NO2P+2. The maximum absolute atomic E-state index is 12.0. The van der Waals surface area contributed by atoms with Gasteiger partial charge in [0.05, 0.1) is 39.1 Å². The average Bonchev–Trinajstić information content (AvgIpc) is 3.16. The topological polar surface area (TPSA) is 26.3 Å². The third kappa shape index (κ3) is 37.1. The molecule has 0 saturated carbocycles. The van der Waals surface area contributed by atoms with E-state index in [9.17, 15) is 4.79 Å². The molecule has 0 heterocycles. The lowest BCUT2D eigenvalue weighted by Crippen LogP contribution is -2.39. The van der Waals surface area contributed by atoms with E-state index < -0.39 is 7.49 Å². The number of hydrogen-bond acceptors (Lipinski definition) is 2. The predicted molar refractivity (Wildman–Crippen MR) is 251 cm³/mol. The summed E-state index contributed by atoms with van der Waals surface area (Å²) in [6, 6.07) is 10.9. The molecule has 0 bridgehead atoms. The molecule has 0 unspecified atom stereocenters. The molecule has 0 aliphatic carbocycles. The monoisotopic (exact) mass is 790 g/mol. The Balaban J connectivity index is 0.00000107. The Hall–Kier alpha value is -0.920. The molecule has 55 heavy (non-hydrogen) atoms. The van der Waals surface area contributed by atoms with Gasteiger partial charge < -0.3 is 9.01 Å². The number of quaternary nitrogens is 1. The molecule has 1 rings (SSSR count). The van der Waals surface area contributed by atoms with Gasteiger partial charge in [0.15, 0.2) is 7.49 Å². The zero-order valence-electron chi connectivity index (χ0n) is 38.8. The number of rotatable bonds is 39. The molecule has 0 spiro atoms. The van der Waals surface area contributed by atoms with E-state index in [-0.39, 0.29) is 5.97 Å². The SMILES string of the molecule is CCCCCCCCCCCCCCCC[N+](C)(C)Cc1ccccc1.CCCCCCCC[P+](CCCCCCCC)(CCCCCCCC)OC(C)=O. The van der Waals surface area contributed by atoms with Crippen molar-refractivity contribution in [3.05, 3.63) is 35.9 Å². The Morgan fingerprint density at radius 1 is 0.455 bits per heavy atom. The molecule has 0 fully saturated rings. The lowest BCUT2D eigenvalue weighted by atomic mass is 10.0. The molecule has 0 amide bonds. The normalized spacial score (nSPS) is 11.8. The fourth-order valence-electron chi connectivity index (χ4n) is 8.18. The summed E-state index contributed by atoms with van der Waals surface area (Å²) in [5.74, 6) is -0.0266. The van der Waals surface area contributed by atoms with Gasteiger partial charge in [0.2, 0.25) is 0 Å². The van der Waals surface area contributed by atoms with Crippen LogP contribution >= 0.6 is 7.49 Å². The summed E-state index contributed by atoms with van der Waals surface area (Å²) in [7, 11) is 3.17. The Kier molecular flexibility index (Phi) is 39.2. The number of carbonyl (C=O) groups is 1. The van der Waals surface area contributed by atoms with Crippen molar-refractivity contribution in [1.29, 1.82) is 0 Å². The van der Waals surface area contributed by atoms with Gasteiger partial charge in [-0.3, -0.25) is 0 Å². The van der Waals surface area contributed by atoms with E-state index in [1.54, 1.807) is 6.92 Å². The second-order valence-corrected chi connectivity index (χ2v) is 21.7. The van der Waals surface area contributed by atoms with Crippen LogP contribution in [-0.4, -0.2) is 49.6 Å². The average molecular weight is 790 g/mol. The third-order valence-corrected chi connectivity index (χ3v) is 15.7. The van der Waals surface area contributed by atoms with Crippen molar-refractivity contribution in [3.63, 3.8) is 0 Å². The summed E-state index contributed by atoms with van der Waals surface area (Å²) in [6.07, 6.45) is 47.6. The minimum absolute atomic E-state index is 0.0266. The zero-order chi connectivity index (χ0) is 40.6. The van der Waals surface area contributed by atoms with Crippen LogP contribution in [0.3, 0.4) is 0 Å². The molecule has 0 aliphatic heterocycles. The van der Waals surface area contributed by atoms with Crippen molar-refractivity contribution in [1.82, 2.24) is 0 Å². The van der Waals surface area contributed by atoms with Crippen molar-refractivity contribution >= 4 is 13.5 Å². The van der Waals surface area contributed by atoms with Crippen molar-refractivity contribution in [2.45, 2.75) is 247 Å². The first-order chi connectivity index (χ1) is 26.7. The van der Waals surface area contributed by atoms with Gasteiger partial charge in [0.1, 0.15) is 6.54 Å². The number of carbonyl (C=O) groups excluding carboxylic acids is 1. The Morgan fingerprint density at radius 3 is 1.05 bits per heavy atom. The fourth-order valence-corrected chi connectivity index (χ4v) is 12.1. The molecule has 0 N–H and O–H groups in total. The molecule has 0 atom stereocenters. The molecule has 0 aliphatic rings. The molecular weight excluding hydrogens is 690 g/mol. The summed E-state index contributed by atoms with van der Waals surface area (Å²) in [4.78, 5) is 12.0. The van der Waals surface area contributed by atoms with E-state index >= 15 is 0 Å². The number of hydrogen-bond donors (Lipinski definition) is 0. The first-order valence-electron chi connectivity index (χ1n) is 24.7. The van der Waals surface area contributed by atoms with Crippen LogP contribution < -0.4 is 0 Å². The highest BCUT2D eigenvalue weighted by Gasteiger charge is 2.40. The predicted octanol–water partition coefficient (Wildman–Crippen LogP) is 17.3. The molecule has 3 nitrogen and oxygen atoms in total. The van der Waals surface area contributed by atoms with E-state index in [2.05, 4.69) is 72.1 Å². The molecule has 4 heteroatoms. The van der Waals surface area contributed by atoms with Gasteiger partial charge in [-0.2, -0.15) is 0 Å². The van der Waals surface area contributed by atoms with Gasteiger partial charge in [0.25, 0.3) is 0 Å². The van der Waals surface area contributed by atoms with Crippen LogP contribution in [0.2, 0.25) is 0 Å². The van der Waals surface area contributed by atoms with E-state index in [0.29, 0.717) is 0 Å². The van der Waals surface area contributed by atoms with Gasteiger partial charge in [0, 0.05) is 12.5 Å². The summed E-state index contributed by atoms with van der Waals surface area (Å²) in [5, 5.41) is 0. The smallest absolute Gasteiger partial charge is 0.325 e. The second kappa shape index (κ2) is 39.9. The minimum atomic E-state index is -1.57. The third-order valence-electron chi connectivity index (χ3n) is 11.7. The highest BCUT2D eigenvalue weighted by molar-refractivity contribution is 7.71. The molecule has 1 aromatic rings. The molecule has 1 aromatic carbocycles. The largest absolute Gasteiger partial charge is 0.346 e. The van der Waals surface area contributed by atoms with E-state index in [0.717, 1.165) is 11.0 Å². The lowest BCUT2D eigenvalue weighted by molar-refractivity contribution is -0.903. The first-order valence-corrected chi connectivity index (χ1v) is 26.9. The highest BCUT2D eigenvalue weighted by Crippen LogP contribution is 2.62. The van der Waals surface area contributed by atoms with Crippen molar-refractivity contribution in [3.8, 4) is 0 Å². The fraction of sp³-hybridized carbons (Fsp3) is 0.863. The number of benzene rings is 1. The molecule has 0 aromatic heterocycles. The van der Waals surface area contributed by atoms with Crippen molar-refractivity contribution in [2.75, 3.05) is 39.1 Å². The van der Waals surface area contributed by atoms with Crippen LogP contribution in [0.5, 0.6) is 0 Å². The van der Waals surface area contributed by atoms with Crippen LogP contribution in [0.4, 0.5) is 0 Å². The number of nitrogens with zero attached hydrogens (tertiary/aromatic N) is 1. The zero-order valence-corrected chi connectivity index (χ0v) is 39.7. The van der Waals surface area contributed by atoms with Crippen LogP contribution in [0.25, 0.3) is 0 Å².